The molecule has 0 amide bonds. The third-order valence-electron chi connectivity index (χ3n) is 3.92. The number of nitrogens with zero attached hydrogens (tertiary/aromatic N) is 3. The molecule has 0 aromatic heterocycles. The molecule has 0 saturated heterocycles. The van der Waals surface area contributed by atoms with Crippen LogP contribution in [0.1, 0.15) is 18.4 Å². The minimum atomic E-state index is -0.608. The van der Waals surface area contributed by atoms with E-state index in [2.05, 4.69) is 54.5 Å². The van der Waals surface area contributed by atoms with E-state index in [0.29, 0.717) is 12.6 Å². The Morgan fingerprint density at radius 2 is 1.86 bits per heavy atom. The van der Waals surface area contributed by atoms with Gasteiger partial charge in [0.05, 0.1) is 6.07 Å². The number of hydrogen-bond acceptors (Lipinski definition) is 4. The zero-order valence-electron chi connectivity index (χ0n) is 13.3. The maximum Gasteiger partial charge on any atom is 0.145 e. The Labute approximate surface area is 128 Å². The summed E-state index contributed by atoms with van der Waals surface area (Å²) in [6.45, 7) is 2.66. The van der Waals surface area contributed by atoms with Gasteiger partial charge in [-0.15, -0.1) is 0 Å². The van der Waals surface area contributed by atoms with E-state index in [1.165, 1.54) is 12.8 Å². The molecule has 1 aliphatic rings. The average Bonchev–Trinajstić information content (AvgIpc) is 3.29. The molecule has 1 aromatic carbocycles. The molecule has 1 fully saturated rings. The van der Waals surface area contributed by atoms with Gasteiger partial charge in [0.25, 0.3) is 0 Å². The Morgan fingerprint density at radius 1 is 1.19 bits per heavy atom. The fraction of sp³-hybridized carbons (Fsp3) is 0.588. The second-order valence-electron chi connectivity index (χ2n) is 6.34. The lowest BCUT2D eigenvalue weighted by Gasteiger charge is -2.33. The largest absolute Gasteiger partial charge is 0.308 e. The Morgan fingerprint density at radius 3 is 2.38 bits per heavy atom. The molecule has 1 aromatic rings. The maximum absolute atomic E-state index is 9.88. The zero-order chi connectivity index (χ0) is 15.3. The van der Waals surface area contributed by atoms with Crippen molar-refractivity contribution in [3.8, 4) is 6.07 Å². The van der Waals surface area contributed by atoms with E-state index in [1.54, 1.807) is 0 Å². The first-order chi connectivity index (χ1) is 10.1. The van der Waals surface area contributed by atoms with E-state index in [1.807, 2.05) is 18.2 Å². The lowest BCUT2D eigenvalue weighted by Crippen LogP contribution is -2.51. The number of benzene rings is 1. The van der Waals surface area contributed by atoms with Crippen molar-refractivity contribution in [2.45, 2.75) is 24.4 Å². The van der Waals surface area contributed by atoms with E-state index in [-0.39, 0.29) is 0 Å². The number of nitriles is 1. The molecule has 1 atom stereocenters. The van der Waals surface area contributed by atoms with Crippen LogP contribution in [0.3, 0.4) is 0 Å². The van der Waals surface area contributed by atoms with Gasteiger partial charge >= 0.3 is 0 Å². The summed E-state index contributed by atoms with van der Waals surface area (Å²) in [6, 6.07) is 13.2. The third kappa shape index (κ3) is 4.53. The Hall–Kier alpha value is -1.41. The van der Waals surface area contributed by atoms with Gasteiger partial charge in [0.2, 0.25) is 0 Å². The first-order valence-corrected chi connectivity index (χ1v) is 7.63. The predicted octanol–water partition coefficient (Wildman–Crippen LogP) is 1.65. The van der Waals surface area contributed by atoms with E-state index in [4.69, 9.17) is 0 Å². The molecule has 0 radical (unpaired) electrons. The van der Waals surface area contributed by atoms with Crippen LogP contribution in [0.5, 0.6) is 0 Å². The van der Waals surface area contributed by atoms with Crippen molar-refractivity contribution in [2.75, 3.05) is 40.8 Å². The summed E-state index contributed by atoms with van der Waals surface area (Å²) >= 11 is 0. The lowest BCUT2D eigenvalue weighted by atomic mass is 9.90. The first-order valence-electron chi connectivity index (χ1n) is 7.63. The Bertz CT molecular complexity index is 475. The van der Waals surface area contributed by atoms with E-state index in [0.717, 1.165) is 18.7 Å². The number of hydrogen-bond donors (Lipinski definition) is 1. The topological polar surface area (TPSA) is 42.3 Å². The third-order valence-corrected chi connectivity index (χ3v) is 3.92. The van der Waals surface area contributed by atoms with Gasteiger partial charge in [0, 0.05) is 25.7 Å². The molecule has 0 aliphatic heterocycles. The first kappa shape index (κ1) is 16.0. The van der Waals surface area contributed by atoms with Crippen molar-refractivity contribution in [3.63, 3.8) is 0 Å². The zero-order valence-corrected chi connectivity index (χ0v) is 13.3. The molecular formula is C17H26N4. The molecule has 1 aliphatic carbocycles. The summed E-state index contributed by atoms with van der Waals surface area (Å²) in [4.78, 5) is 4.41. The van der Waals surface area contributed by atoms with Crippen LogP contribution in [0.15, 0.2) is 30.3 Å². The molecule has 4 heteroatoms. The molecule has 0 heterocycles. The SMILES string of the molecule is CN(C)CCN(C)CC(C#N)(NC1CC1)c1ccccc1. The van der Waals surface area contributed by atoms with Gasteiger partial charge in [-0.05, 0) is 39.5 Å². The van der Waals surface area contributed by atoms with Crippen LogP contribution < -0.4 is 5.32 Å². The molecular weight excluding hydrogens is 260 g/mol. The molecule has 21 heavy (non-hydrogen) atoms. The van der Waals surface area contributed by atoms with Crippen LogP contribution in [0.25, 0.3) is 0 Å². The van der Waals surface area contributed by atoms with E-state index < -0.39 is 5.54 Å². The summed E-state index contributed by atoms with van der Waals surface area (Å²) in [5.74, 6) is 0. The van der Waals surface area contributed by atoms with E-state index in [9.17, 15) is 5.26 Å². The monoisotopic (exact) mass is 286 g/mol. The predicted molar refractivity (Wildman–Crippen MR) is 85.9 cm³/mol. The minimum absolute atomic E-state index is 0.493. The quantitative estimate of drug-likeness (QED) is 0.789. The number of likely N-dealkylation sites (N-methyl/N-ethyl adjacent to an activating group) is 2. The standard InChI is InChI=1S/C17H26N4/c1-20(2)11-12-21(3)14-17(13-18,19-16-9-10-16)15-7-5-4-6-8-15/h4-8,16,19H,9-12,14H2,1-3H3. The van der Waals surface area contributed by atoms with Gasteiger partial charge in [-0.1, -0.05) is 30.3 Å². The number of rotatable bonds is 8. The fourth-order valence-electron chi connectivity index (χ4n) is 2.51. The highest BCUT2D eigenvalue weighted by Gasteiger charge is 2.38. The second kappa shape index (κ2) is 7.04. The lowest BCUT2D eigenvalue weighted by molar-refractivity contribution is 0.226. The van der Waals surface area contributed by atoms with Crippen LogP contribution in [-0.2, 0) is 5.54 Å². The van der Waals surface area contributed by atoms with Gasteiger partial charge in [-0.25, -0.2) is 0 Å². The van der Waals surface area contributed by atoms with Crippen molar-refractivity contribution in [3.05, 3.63) is 35.9 Å². The van der Waals surface area contributed by atoms with Gasteiger partial charge < -0.3 is 9.80 Å². The van der Waals surface area contributed by atoms with Crippen molar-refractivity contribution in [2.24, 2.45) is 0 Å². The van der Waals surface area contributed by atoms with Crippen molar-refractivity contribution in [1.29, 1.82) is 5.26 Å². The highest BCUT2D eigenvalue weighted by molar-refractivity contribution is 5.32. The summed E-state index contributed by atoms with van der Waals surface area (Å²) in [7, 11) is 6.24. The van der Waals surface area contributed by atoms with Crippen LogP contribution in [0, 0.1) is 11.3 Å². The van der Waals surface area contributed by atoms with Gasteiger partial charge in [-0.2, -0.15) is 5.26 Å². The fourth-order valence-corrected chi connectivity index (χ4v) is 2.51. The average molecular weight is 286 g/mol. The maximum atomic E-state index is 9.88. The molecule has 1 N–H and O–H groups in total. The van der Waals surface area contributed by atoms with Crippen LogP contribution in [-0.4, -0.2) is 56.6 Å². The van der Waals surface area contributed by atoms with Crippen molar-refractivity contribution < 1.29 is 0 Å². The van der Waals surface area contributed by atoms with Crippen molar-refractivity contribution >= 4 is 0 Å². The summed E-state index contributed by atoms with van der Waals surface area (Å²) < 4.78 is 0. The normalized spacial score (nSPS) is 17.7. The van der Waals surface area contributed by atoms with Crippen LogP contribution in [0.2, 0.25) is 0 Å². The Kier molecular flexibility index (Phi) is 5.35. The smallest absolute Gasteiger partial charge is 0.145 e. The molecule has 114 valence electrons. The molecule has 1 unspecified atom stereocenters. The second-order valence-corrected chi connectivity index (χ2v) is 6.34. The summed E-state index contributed by atoms with van der Waals surface area (Å²) in [6.07, 6.45) is 2.36. The number of nitrogens with one attached hydrogen (secondary N) is 1. The minimum Gasteiger partial charge on any atom is -0.308 e. The summed E-state index contributed by atoms with van der Waals surface area (Å²) in [5.41, 5.74) is 0.458. The van der Waals surface area contributed by atoms with Crippen LogP contribution in [0.4, 0.5) is 0 Å². The van der Waals surface area contributed by atoms with E-state index >= 15 is 0 Å². The molecule has 2 rings (SSSR count). The molecule has 0 bridgehead atoms. The van der Waals surface area contributed by atoms with Crippen LogP contribution >= 0.6 is 0 Å². The summed E-state index contributed by atoms with van der Waals surface area (Å²) in [5, 5.41) is 13.5. The highest BCUT2D eigenvalue weighted by atomic mass is 15.2. The van der Waals surface area contributed by atoms with Crippen molar-refractivity contribution in [1.82, 2.24) is 15.1 Å². The van der Waals surface area contributed by atoms with Gasteiger partial charge in [-0.3, -0.25) is 5.32 Å². The highest BCUT2D eigenvalue weighted by Crippen LogP contribution is 2.29. The molecule has 4 nitrogen and oxygen atoms in total. The molecule has 0 spiro atoms. The Balaban J connectivity index is 2.13. The molecule has 1 saturated carbocycles. The van der Waals surface area contributed by atoms with Gasteiger partial charge in [0.1, 0.15) is 5.54 Å². The van der Waals surface area contributed by atoms with Gasteiger partial charge in [0.15, 0.2) is 0 Å².